The molecule has 1 aliphatic heterocycles. The van der Waals surface area contributed by atoms with Crippen LogP contribution in [0.4, 0.5) is 25.2 Å². The Morgan fingerprint density at radius 2 is 1.71 bits per heavy atom. The third kappa shape index (κ3) is 7.57. The van der Waals surface area contributed by atoms with Gasteiger partial charge in [-0.3, -0.25) is 9.13 Å². The maximum absolute atomic E-state index is 13.0. The highest BCUT2D eigenvalue weighted by atomic mass is 35.5. The summed E-state index contributed by atoms with van der Waals surface area (Å²) in [6.07, 6.45) is -5.15. The first-order valence-electron chi connectivity index (χ1n) is 11.5. The summed E-state index contributed by atoms with van der Waals surface area (Å²) in [5, 5.41) is 27.6. The van der Waals surface area contributed by atoms with Crippen LogP contribution < -0.4 is 5.32 Å². The van der Waals surface area contributed by atoms with Gasteiger partial charge in [0.15, 0.2) is 17.8 Å². The number of aliphatic hydroxyl groups excluding tert-OH is 2. The van der Waals surface area contributed by atoms with Crippen LogP contribution >= 0.6 is 37.0 Å². The summed E-state index contributed by atoms with van der Waals surface area (Å²) in [5.41, 5.74) is 0.115. The van der Waals surface area contributed by atoms with E-state index in [1.54, 1.807) is 0 Å². The van der Waals surface area contributed by atoms with Crippen LogP contribution in [0.2, 0.25) is 5.28 Å². The third-order valence-electron chi connectivity index (χ3n) is 5.99. The summed E-state index contributed by atoms with van der Waals surface area (Å²) in [4.78, 5) is 33.4. The summed E-state index contributed by atoms with van der Waals surface area (Å²) in [5.74, 6) is -1.48. The summed E-state index contributed by atoms with van der Waals surface area (Å²) in [6.45, 7) is 0.653. The van der Waals surface area contributed by atoms with Crippen LogP contribution in [0.3, 0.4) is 0 Å². The van der Waals surface area contributed by atoms with E-state index in [0.29, 0.717) is 0 Å². The van der Waals surface area contributed by atoms with Crippen molar-refractivity contribution in [1.29, 1.82) is 0 Å². The minimum Gasteiger partial charge on any atom is -0.387 e. The van der Waals surface area contributed by atoms with Gasteiger partial charge in [0.2, 0.25) is 5.28 Å². The molecule has 6 N–H and O–H groups in total. The third-order valence-corrected chi connectivity index (χ3v) is 10.8. The molecule has 6 atom stereocenters. The molecule has 2 aromatic heterocycles. The number of hydrogen-bond donors (Lipinski definition) is 6. The lowest BCUT2D eigenvalue weighted by molar-refractivity contribution is -0.0541. The summed E-state index contributed by atoms with van der Waals surface area (Å²) in [6, 6.07) is 1.47. The zero-order valence-electron chi connectivity index (χ0n) is 20.9. The molecule has 0 amide bonds. The molecule has 3 aromatic rings. The fourth-order valence-electron chi connectivity index (χ4n) is 4.03. The number of rotatable bonds is 10. The van der Waals surface area contributed by atoms with Crippen LogP contribution in [-0.2, 0) is 18.4 Å². The van der Waals surface area contributed by atoms with Crippen molar-refractivity contribution in [2.75, 3.05) is 17.8 Å². The molecule has 23 heteroatoms. The van der Waals surface area contributed by atoms with Crippen LogP contribution in [0.1, 0.15) is 24.8 Å². The van der Waals surface area contributed by atoms with Gasteiger partial charge in [-0.05, 0) is 36.2 Å². The number of ether oxygens (including phenoxy) is 1. The molecular formula is C19H23ClF5N5O9P2S. The Balaban J connectivity index is 1.55. The standard InChI is InChI=1S/C19H23ClF5N5O9P2S/c1-9(10-2-4-11(5-3-10)42(21,22,23,24)25)27-16-12-6-26-30(17(12)29-19(20)28-16)18-15(32)14(31)13(39-18)7-38-41(36,37)8-40(33,34)35/h2-6,9,13-15,18,31-32H,7-8H2,1H3,(H,36,37)(H,27,28,29)(H2,33,34,35)/t9-,13-,14?,15+,18-/m1/s1. The molecule has 4 rings (SSSR count). The fourth-order valence-corrected chi connectivity index (χ4v) is 7.41. The predicted octanol–water partition coefficient (Wildman–Crippen LogP) is 4.27. The Bertz CT molecular complexity index is 1600. The van der Waals surface area contributed by atoms with Crippen LogP contribution in [0, 0.1) is 0 Å². The molecular weight excluding hydrogens is 667 g/mol. The zero-order chi connectivity index (χ0) is 31.5. The van der Waals surface area contributed by atoms with Gasteiger partial charge in [0.1, 0.15) is 29.0 Å². The lowest BCUT2D eigenvalue weighted by Gasteiger charge is -2.40. The van der Waals surface area contributed by atoms with Gasteiger partial charge < -0.3 is 39.5 Å². The number of halogens is 6. The Morgan fingerprint density at radius 3 is 2.29 bits per heavy atom. The van der Waals surface area contributed by atoms with E-state index in [2.05, 4.69) is 24.9 Å². The Kier molecular flexibility index (Phi) is 8.08. The maximum Gasteiger partial charge on any atom is 0.340 e. The second kappa shape index (κ2) is 10.3. The number of aromatic nitrogens is 4. The van der Waals surface area contributed by atoms with Crippen molar-refractivity contribution in [2.24, 2.45) is 0 Å². The summed E-state index contributed by atoms with van der Waals surface area (Å²) in [7, 11) is -19.6. The van der Waals surface area contributed by atoms with Crippen molar-refractivity contribution >= 4 is 53.9 Å². The first-order valence-corrected chi connectivity index (χ1v) is 17.4. The molecule has 0 spiro atoms. The molecule has 3 heterocycles. The van der Waals surface area contributed by atoms with Gasteiger partial charge in [-0.25, -0.2) is 4.68 Å². The van der Waals surface area contributed by atoms with Crippen molar-refractivity contribution in [2.45, 2.75) is 42.4 Å². The van der Waals surface area contributed by atoms with E-state index >= 15 is 0 Å². The highest BCUT2D eigenvalue weighted by molar-refractivity contribution is 8.45. The number of benzene rings is 1. The van der Waals surface area contributed by atoms with E-state index in [1.165, 1.54) is 13.1 Å². The topological polar surface area (TPSA) is 209 Å². The largest absolute Gasteiger partial charge is 0.387 e. The SMILES string of the molecule is C[C@@H](Nc1nc(Cl)nc2c1cnn2[C@@H]1O[C@H](COP(=O)(O)CP(=O)(O)O)C(O)[C@@H]1O)c1ccc(S(F)(F)(F)(F)F)cc1. The first kappa shape index (κ1) is 32.9. The number of aliphatic hydroxyl groups is 2. The van der Waals surface area contributed by atoms with Crippen LogP contribution in [0.15, 0.2) is 35.4 Å². The number of nitrogens with one attached hydrogen (secondary N) is 1. The van der Waals surface area contributed by atoms with Crippen molar-refractivity contribution in [1.82, 2.24) is 19.7 Å². The van der Waals surface area contributed by atoms with E-state index in [-0.39, 0.29) is 39.8 Å². The Hall–Kier alpha value is -1.96. The van der Waals surface area contributed by atoms with Crippen molar-refractivity contribution in [3.8, 4) is 0 Å². The van der Waals surface area contributed by atoms with Gasteiger partial charge in [0.05, 0.1) is 18.2 Å². The Morgan fingerprint density at radius 1 is 1.10 bits per heavy atom. The molecule has 2 unspecified atom stereocenters. The number of fused-ring (bicyclic) bond motifs is 1. The minimum atomic E-state index is -9.86. The zero-order valence-corrected chi connectivity index (χ0v) is 24.3. The van der Waals surface area contributed by atoms with Crippen LogP contribution in [0.25, 0.3) is 11.0 Å². The lowest BCUT2D eigenvalue weighted by Crippen LogP contribution is -2.33. The monoisotopic (exact) mass is 689 g/mol. The number of anilines is 1. The molecule has 14 nitrogen and oxygen atoms in total. The minimum absolute atomic E-state index is 0.00659. The van der Waals surface area contributed by atoms with Crippen molar-refractivity contribution < 1.29 is 62.7 Å². The van der Waals surface area contributed by atoms with Gasteiger partial charge in [-0.15, -0.1) is 0 Å². The highest BCUT2D eigenvalue weighted by Gasteiger charge is 2.65. The average Bonchev–Trinajstić information content (AvgIpc) is 3.35. The van der Waals surface area contributed by atoms with E-state index in [0.717, 1.165) is 16.8 Å². The Labute approximate surface area is 237 Å². The molecule has 0 radical (unpaired) electrons. The van der Waals surface area contributed by atoms with E-state index in [9.17, 15) is 43.7 Å². The van der Waals surface area contributed by atoms with E-state index in [1.807, 2.05) is 0 Å². The number of nitrogens with zero attached hydrogens (tertiary/aromatic N) is 4. The van der Waals surface area contributed by atoms with Gasteiger partial charge >= 0.3 is 25.4 Å². The summed E-state index contributed by atoms with van der Waals surface area (Å²) >= 11 is 6.03. The average molecular weight is 690 g/mol. The molecule has 1 aliphatic rings. The van der Waals surface area contributed by atoms with Crippen LogP contribution in [0.5, 0.6) is 0 Å². The molecule has 42 heavy (non-hydrogen) atoms. The predicted molar refractivity (Wildman–Crippen MR) is 139 cm³/mol. The van der Waals surface area contributed by atoms with Gasteiger partial charge in [0, 0.05) is 6.04 Å². The maximum atomic E-state index is 13.0. The smallest absolute Gasteiger partial charge is 0.340 e. The lowest BCUT2D eigenvalue weighted by atomic mass is 10.1. The quantitative estimate of drug-likeness (QED) is 0.1000. The first-order chi connectivity index (χ1) is 18.9. The molecule has 1 fully saturated rings. The normalized spacial score (nSPS) is 25.5. The number of hydrogen-bond acceptors (Lipinski definition) is 10. The van der Waals surface area contributed by atoms with Gasteiger partial charge in [-0.2, -0.15) is 15.1 Å². The molecule has 0 bridgehead atoms. The van der Waals surface area contributed by atoms with Crippen molar-refractivity contribution in [3.05, 3.63) is 41.3 Å². The summed E-state index contributed by atoms with van der Waals surface area (Å²) < 4.78 is 99.3. The second-order valence-electron chi connectivity index (χ2n) is 9.36. The molecule has 1 aromatic carbocycles. The van der Waals surface area contributed by atoms with Crippen molar-refractivity contribution in [3.63, 3.8) is 0 Å². The van der Waals surface area contributed by atoms with Gasteiger partial charge in [0.25, 0.3) is 0 Å². The van der Waals surface area contributed by atoms with E-state index in [4.69, 9.17) is 26.1 Å². The molecule has 236 valence electrons. The second-order valence-corrected chi connectivity index (χ2v) is 16.1. The highest BCUT2D eigenvalue weighted by Crippen LogP contribution is 3.02. The van der Waals surface area contributed by atoms with Crippen LogP contribution in [-0.4, -0.2) is 75.5 Å². The molecule has 0 saturated carbocycles. The molecule has 1 saturated heterocycles. The van der Waals surface area contributed by atoms with E-state index < -0.39 is 73.4 Å². The molecule has 0 aliphatic carbocycles. The fraction of sp³-hybridized carbons (Fsp3) is 0.421. The van der Waals surface area contributed by atoms with Gasteiger partial charge in [-0.1, -0.05) is 31.6 Å².